The molecule has 1 fully saturated rings. The van der Waals surface area contributed by atoms with Crippen LogP contribution < -0.4 is 14.8 Å². The monoisotopic (exact) mass is 453 g/mol. The first-order chi connectivity index (χ1) is 15.9. The standard InChI is InChI=1S/C24H27N3O6/c1-4-5-14-26-22(29)23(30)27(24(26)31)15-20(28)25-21(16-6-10-18(32-2)11-7-16)17-8-12-19(33-3)13-9-17/h6-13,21H,4-5,14-15H2,1-3H3,(H,25,28). The Morgan fingerprint density at radius 3 is 1.79 bits per heavy atom. The van der Waals surface area contributed by atoms with Gasteiger partial charge in [0, 0.05) is 6.54 Å². The number of benzene rings is 2. The molecule has 2 aromatic rings. The van der Waals surface area contributed by atoms with Crippen LogP contribution in [0.15, 0.2) is 48.5 Å². The van der Waals surface area contributed by atoms with Crippen LogP contribution in [0.5, 0.6) is 11.5 Å². The van der Waals surface area contributed by atoms with Gasteiger partial charge in [-0.2, -0.15) is 0 Å². The van der Waals surface area contributed by atoms with Crippen molar-refractivity contribution in [3.05, 3.63) is 59.7 Å². The van der Waals surface area contributed by atoms with Crippen LogP contribution in [0.3, 0.4) is 0 Å². The van der Waals surface area contributed by atoms with Crippen LogP contribution in [0.25, 0.3) is 0 Å². The van der Waals surface area contributed by atoms with Crippen LogP contribution in [-0.2, 0) is 14.4 Å². The smallest absolute Gasteiger partial charge is 0.334 e. The molecular weight excluding hydrogens is 426 g/mol. The molecule has 0 aliphatic carbocycles. The Hall–Kier alpha value is -3.88. The summed E-state index contributed by atoms with van der Waals surface area (Å²) in [4.78, 5) is 51.5. The minimum atomic E-state index is -0.989. The maximum atomic E-state index is 12.9. The highest BCUT2D eigenvalue weighted by atomic mass is 16.5. The van der Waals surface area contributed by atoms with E-state index in [0.29, 0.717) is 22.8 Å². The molecule has 1 N–H and O–H groups in total. The molecule has 0 bridgehead atoms. The van der Waals surface area contributed by atoms with E-state index < -0.39 is 36.3 Å². The van der Waals surface area contributed by atoms with Crippen molar-refractivity contribution < 1.29 is 28.7 Å². The molecule has 1 heterocycles. The van der Waals surface area contributed by atoms with Crippen molar-refractivity contribution in [3.63, 3.8) is 0 Å². The minimum Gasteiger partial charge on any atom is -0.497 e. The molecule has 0 radical (unpaired) electrons. The fourth-order valence-corrected chi connectivity index (χ4v) is 3.51. The molecule has 33 heavy (non-hydrogen) atoms. The van der Waals surface area contributed by atoms with Gasteiger partial charge in [0.2, 0.25) is 5.91 Å². The normalized spacial score (nSPS) is 13.6. The lowest BCUT2D eigenvalue weighted by molar-refractivity contribution is -0.144. The van der Waals surface area contributed by atoms with Gasteiger partial charge in [0.1, 0.15) is 18.0 Å². The largest absolute Gasteiger partial charge is 0.497 e. The number of carbonyl (C=O) groups is 4. The fraction of sp³-hybridized carbons (Fsp3) is 0.333. The van der Waals surface area contributed by atoms with Crippen molar-refractivity contribution in [2.45, 2.75) is 25.8 Å². The molecule has 174 valence electrons. The van der Waals surface area contributed by atoms with E-state index in [-0.39, 0.29) is 6.54 Å². The Labute approximate surface area is 192 Å². The van der Waals surface area contributed by atoms with Crippen LogP contribution >= 0.6 is 0 Å². The second-order valence-corrected chi connectivity index (χ2v) is 7.53. The van der Waals surface area contributed by atoms with Crippen LogP contribution in [0, 0.1) is 0 Å². The van der Waals surface area contributed by atoms with E-state index in [1.54, 1.807) is 38.5 Å². The predicted molar refractivity (Wildman–Crippen MR) is 120 cm³/mol. The first kappa shape index (κ1) is 23.8. The molecule has 0 saturated carbocycles. The summed E-state index contributed by atoms with van der Waals surface area (Å²) in [5.74, 6) is -1.13. The van der Waals surface area contributed by atoms with E-state index in [1.807, 2.05) is 31.2 Å². The molecule has 1 aliphatic rings. The molecule has 5 amide bonds. The van der Waals surface area contributed by atoms with Gasteiger partial charge in [-0.1, -0.05) is 37.6 Å². The second-order valence-electron chi connectivity index (χ2n) is 7.53. The lowest BCUT2D eigenvalue weighted by atomic mass is 9.98. The summed E-state index contributed by atoms with van der Waals surface area (Å²) in [6.45, 7) is 1.52. The van der Waals surface area contributed by atoms with Gasteiger partial charge in [-0.15, -0.1) is 0 Å². The maximum Gasteiger partial charge on any atom is 0.334 e. The summed E-state index contributed by atoms with van der Waals surface area (Å²) in [5, 5.41) is 2.87. The number of nitrogens with one attached hydrogen (secondary N) is 1. The number of imide groups is 2. The van der Waals surface area contributed by atoms with Crippen LogP contribution in [-0.4, -0.2) is 60.9 Å². The third-order valence-corrected chi connectivity index (χ3v) is 5.38. The van der Waals surface area contributed by atoms with Gasteiger partial charge >= 0.3 is 17.8 Å². The third kappa shape index (κ3) is 5.31. The number of hydrogen-bond donors (Lipinski definition) is 1. The number of unbranched alkanes of at least 4 members (excludes halogenated alkanes) is 1. The molecule has 1 saturated heterocycles. The van der Waals surface area contributed by atoms with Crippen molar-refractivity contribution in [2.24, 2.45) is 0 Å². The lowest BCUT2D eigenvalue weighted by Crippen LogP contribution is -2.42. The van der Waals surface area contributed by atoms with Gasteiger partial charge in [0.15, 0.2) is 0 Å². The second kappa shape index (κ2) is 10.6. The highest BCUT2D eigenvalue weighted by Crippen LogP contribution is 2.26. The fourth-order valence-electron chi connectivity index (χ4n) is 3.51. The van der Waals surface area contributed by atoms with Crippen LogP contribution in [0.4, 0.5) is 4.79 Å². The maximum absolute atomic E-state index is 12.9. The Bertz CT molecular complexity index is 972. The van der Waals surface area contributed by atoms with Crippen molar-refractivity contribution in [1.82, 2.24) is 15.1 Å². The van der Waals surface area contributed by atoms with Gasteiger partial charge in [0.05, 0.1) is 20.3 Å². The highest BCUT2D eigenvalue weighted by Gasteiger charge is 2.44. The zero-order chi connectivity index (χ0) is 24.0. The topological polar surface area (TPSA) is 105 Å². The van der Waals surface area contributed by atoms with Gasteiger partial charge in [-0.05, 0) is 41.8 Å². The van der Waals surface area contributed by atoms with E-state index in [0.717, 1.165) is 22.4 Å². The van der Waals surface area contributed by atoms with E-state index in [2.05, 4.69) is 5.32 Å². The molecule has 9 heteroatoms. The average molecular weight is 453 g/mol. The zero-order valence-electron chi connectivity index (χ0n) is 18.9. The number of amides is 5. The van der Waals surface area contributed by atoms with Crippen molar-refractivity contribution in [2.75, 3.05) is 27.3 Å². The Morgan fingerprint density at radius 1 is 0.848 bits per heavy atom. The lowest BCUT2D eigenvalue weighted by Gasteiger charge is -2.22. The summed E-state index contributed by atoms with van der Waals surface area (Å²) < 4.78 is 10.4. The molecule has 0 atom stereocenters. The van der Waals surface area contributed by atoms with Gasteiger partial charge in [-0.3, -0.25) is 19.3 Å². The molecule has 3 rings (SSSR count). The van der Waals surface area contributed by atoms with E-state index >= 15 is 0 Å². The van der Waals surface area contributed by atoms with Crippen LogP contribution in [0.1, 0.15) is 36.9 Å². The van der Waals surface area contributed by atoms with Crippen molar-refractivity contribution >= 4 is 23.8 Å². The first-order valence-corrected chi connectivity index (χ1v) is 10.6. The number of rotatable bonds is 10. The predicted octanol–water partition coefficient (Wildman–Crippen LogP) is 2.50. The van der Waals surface area contributed by atoms with Gasteiger partial charge in [0.25, 0.3) is 0 Å². The molecule has 1 aliphatic heterocycles. The van der Waals surface area contributed by atoms with Crippen LogP contribution in [0.2, 0.25) is 0 Å². The SMILES string of the molecule is CCCCN1C(=O)C(=O)N(CC(=O)NC(c2ccc(OC)cc2)c2ccc(OC)cc2)C1=O. The third-order valence-electron chi connectivity index (χ3n) is 5.38. The summed E-state index contributed by atoms with van der Waals surface area (Å²) in [7, 11) is 3.12. The molecule has 9 nitrogen and oxygen atoms in total. The van der Waals surface area contributed by atoms with E-state index in [4.69, 9.17) is 9.47 Å². The number of nitrogens with zero attached hydrogens (tertiary/aromatic N) is 2. The molecule has 2 aromatic carbocycles. The minimum absolute atomic E-state index is 0.151. The number of ether oxygens (including phenoxy) is 2. The molecule has 0 unspecified atom stereocenters. The van der Waals surface area contributed by atoms with Gasteiger partial charge in [-0.25, -0.2) is 9.69 Å². The van der Waals surface area contributed by atoms with E-state index in [1.165, 1.54) is 0 Å². The summed E-state index contributed by atoms with van der Waals surface area (Å²) in [6, 6.07) is 13.0. The number of urea groups is 1. The number of methoxy groups -OCH3 is 2. The zero-order valence-corrected chi connectivity index (χ0v) is 18.9. The number of carbonyl (C=O) groups excluding carboxylic acids is 4. The summed E-state index contributed by atoms with van der Waals surface area (Å²) in [5.41, 5.74) is 1.54. The Kier molecular flexibility index (Phi) is 7.66. The molecular formula is C24H27N3O6. The Morgan fingerprint density at radius 2 is 1.33 bits per heavy atom. The van der Waals surface area contributed by atoms with Crippen molar-refractivity contribution in [1.29, 1.82) is 0 Å². The van der Waals surface area contributed by atoms with Gasteiger partial charge < -0.3 is 14.8 Å². The van der Waals surface area contributed by atoms with Crippen molar-refractivity contribution in [3.8, 4) is 11.5 Å². The quantitative estimate of drug-likeness (QED) is 0.438. The highest BCUT2D eigenvalue weighted by molar-refractivity contribution is 6.45. The molecule has 0 spiro atoms. The van der Waals surface area contributed by atoms with E-state index in [9.17, 15) is 19.2 Å². The average Bonchev–Trinajstić information content (AvgIpc) is 3.04. The molecule has 0 aromatic heterocycles. The summed E-state index contributed by atoms with van der Waals surface area (Å²) >= 11 is 0. The first-order valence-electron chi connectivity index (χ1n) is 10.6. The summed E-state index contributed by atoms with van der Waals surface area (Å²) in [6.07, 6.45) is 1.35. The Balaban J connectivity index is 1.80. The number of hydrogen-bond acceptors (Lipinski definition) is 6.